The molecule has 4 nitrogen and oxygen atoms in total. The van der Waals surface area contributed by atoms with Gasteiger partial charge in [-0.15, -0.1) is 0 Å². The maximum Gasteiger partial charge on any atom is 0.160 e. The van der Waals surface area contributed by atoms with E-state index in [1.54, 1.807) is 48.5 Å². The number of phenolic OH excluding ortho intramolecular Hbond substituents is 2. The minimum absolute atomic E-state index is 0.0711. The van der Waals surface area contributed by atoms with Crippen LogP contribution in [0.15, 0.2) is 48.5 Å². The SMILES string of the molecule is OCC(COc1ccccc1O)c1ccc(O)cc1. The number of hydrogen-bond acceptors (Lipinski definition) is 4. The molecular weight excluding hydrogens is 244 g/mol. The lowest BCUT2D eigenvalue weighted by atomic mass is 10.0. The van der Waals surface area contributed by atoms with E-state index in [9.17, 15) is 15.3 Å². The van der Waals surface area contributed by atoms with Crippen LogP contribution in [0, 0.1) is 0 Å². The summed E-state index contributed by atoms with van der Waals surface area (Å²) in [5.74, 6) is 0.437. The minimum atomic E-state index is -0.208. The molecule has 0 bridgehead atoms. The van der Waals surface area contributed by atoms with Gasteiger partial charge in [-0.2, -0.15) is 0 Å². The Morgan fingerprint density at radius 3 is 2.26 bits per heavy atom. The Labute approximate surface area is 111 Å². The lowest BCUT2D eigenvalue weighted by molar-refractivity contribution is 0.201. The van der Waals surface area contributed by atoms with Gasteiger partial charge in [0.15, 0.2) is 11.5 Å². The van der Waals surface area contributed by atoms with Crippen molar-refractivity contribution in [1.29, 1.82) is 0 Å². The Morgan fingerprint density at radius 1 is 0.947 bits per heavy atom. The van der Waals surface area contributed by atoms with Crippen LogP contribution in [-0.2, 0) is 0 Å². The molecule has 0 saturated heterocycles. The molecule has 0 aliphatic carbocycles. The first-order valence-electron chi connectivity index (χ1n) is 6.01. The zero-order valence-corrected chi connectivity index (χ0v) is 10.4. The van der Waals surface area contributed by atoms with E-state index < -0.39 is 0 Å². The summed E-state index contributed by atoms with van der Waals surface area (Å²) in [5, 5.41) is 28.2. The lowest BCUT2D eigenvalue weighted by Gasteiger charge is -2.16. The Hall–Kier alpha value is -2.20. The van der Waals surface area contributed by atoms with Gasteiger partial charge < -0.3 is 20.1 Å². The maximum atomic E-state index is 9.58. The molecule has 2 aromatic carbocycles. The van der Waals surface area contributed by atoms with Crippen molar-refractivity contribution in [2.75, 3.05) is 13.2 Å². The van der Waals surface area contributed by atoms with Gasteiger partial charge in [-0.3, -0.25) is 0 Å². The quantitative estimate of drug-likeness (QED) is 0.771. The van der Waals surface area contributed by atoms with E-state index in [2.05, 4.69) is 0 Å². The van der Waals surface area contributed by atoms with E-state index in [0.717, 1.165) is 5.56 Å². The van der Waals surface area contributed by atoms with Crippen molar-refractivity contribution in [2.45, 2.75) is 5.92 Å². The van der Waals surface area contributed by atoms with Crippen molar-refractivity contribution in [3.63, 3.8) is 0 Å². The molecule has 0 aromatic heterocycles. The molecule has 4 heteroatoms. The molecule has 3 N–H and O–H groups in total. The van der Waals surface area contributed by atoms with Crippen LogP contribution in [0.2, 0.25) is 0 Å². The molecule has 0 aliphatic heterocycles. The Kier molecular flexibility index (Phi) is 4.26. The van der Waals surface area contributed by atoms with Crippen molar-refractivity contribution >= 4 is 0 Å². The van der Waals surface area contributed by atoms with Crippen LogP contribution < -0.4 is 4.74 Å². The number of aliphatic hydroxyl groups excluding tert-OH is 1. The van der Waals surface area contributed by atoms with Gasteiger partial charge in [0.1, 0.15) is 5.75 Å². The number of para-hydroxylation sites is 2. The number of hydrogen-bond donors (Lipinski definition) is 3. The standard InChI is InChI=1S/C15H16O4/c16-9-12(11-5-7-13(17)8-6-11)10-19-15-4-2-1-3-14(15)18/h1-8,12,16-18H,9-10H2. The molecule has 0 radical (unpaired) electrons. The molecule has 0 aliphatic rings. The number of ether oxygens (including phenoxy) is 1. The smallest absolute Gasteiger partial charge is 0.160 e. The second-order valence-electron chi connectivity index (χ2n) is 4.25. The van der Waals surface area contributed by atoms with Crippen LogP contribution >= 0.6 is 0 Å². The molecular formula is C15H16O4. The van der Waals surface area contributed by atoms with Crippen molar-refractivity contribution < 1.29 is 20.1 Å². The third kappa shape index (κ3) is 3.39. The first-order valence-corrected chi connectivity index (χ1v) is 6.01. The van der Waals surface area contributed by atoms with Gasteiger partial charge in [0.05, 0.1) is 13.2 Å². The van der Waals surface area contributed by atoms with Gasteiger partial charge >= 0.3 is 0 Å². The number of benzene rings is 2. The van der Waals surface area contributed by atoms with Crippen LogP contribution in [0.3, 0.4) is 0 Å². The number of phenols is 2. The van der Waals surface area contributed by atoms with Crippen LogP contribution in [-0.4, -0.2) is 28.5 Å². The van der Waals surface area contributed by atoms with E-state index in [0.29, 0.717) is 5.75 Å². The highest BCUT2D eigenvalue weighted by Gasteiger charge is 2.12. The predicted molar refractivity (Wildman–Crippen MR) is 71.5 cm³/mol. The van der Waals surface area contributed by atoms with Gasteiger partial charge in [-0.1, -0.05) is 24.3 Å². The van der Waals surface area contributed by atoms with Gasteiger partial charge in [0.25, 0.3) is 0 Å². The summed E-state index contributed by atoms with van der Waals surface area (Å²) in [6.45, 7) is 0.178. The largest absolute Gasteiger partial charge is 0.508 e. The molecule has 0 amide bonds. The zero-order valence-electron chi connectivity index (χ0n) is 10.4. The maximum absolute atomic E-state index is 9.58. The summed E-state index contributed by atoms with van der Waals surface area (Å²) in [6.07, 6.45) is 0. The van der Waals surface area contributed by atoms with E-state index in [1.807, 2.05) is 0 Å². The fraction of sp³-hybridized carbons (Fsp3) is 0.200. The first kappa shape index (κ1) is 13.2. The molecule has 0 saturated carbocycles. The van der Waals surface area contributed by atoms with Crippen LogP contribution in [0.1, 0.15) is 11.5 Å². The van der Waals surface area contributed by atoms with E-state index >= 15 is 0 Å². The molecule has 1 atom stereocenters. The third-order valence-electron chi connectivity index (χ3n) is 2.89. The van der Waals surface area contributed by atoms with Gasteiger partial charge in [-0.25, -0.2) is 0 Å². The lowest BCUT2D eigenvalue weighted by Crippen LogP contribution is -2.14. The van der Waals surface area contributed by atoms with Crippen LogP contribution in [0.25, 0.3) is 0 Å². The fourth-order valence-corrected chi connectivity index (χ4v) is 1.77. The summed E-state index contributed by atoms with van der Waals surface area (Å²) in [5.41, 5.74) is 0.871. The molecule has 1 unspecified atom stereocenters. The second kappa shape index (κ2) is 6.11. The van der Waals surface area contributed by atoms with Crippen LogP contribution in [0.5, 0.6) is 17.2 Å². The zero-order chi connectivity index (χ0) is 13.7. The molecule has 19 heavy (non-hydrogen) atoms. The average Bonchev–Trinajstić information content (AvgIpc) is 2.43. The number of rotatable bonds is 5. The summed E-state index contributed by atoms with van der Waals surface area (Å²) < 4.78 is 5.50. The minimum Gasteiger partial charge on any atom is -0.508 e. The summed E-state index contributed by atoms with van der Waals surface area (Å²) in [7, 11) is 0. The van der Waals surface area contributed by atoms with Crippen molar-refractivity contribution in [3.8, 4) is 17.2 Å². The number of aromatic hydroxyl groups is 2. The van der Waals surface area contributed by atoms with E-state index in [1.165, 1.54) is 0 Å². The summed E-state index contributed by atoms with van der Waals surface area (Å²) >= 11 is 0. The molecule has 100 valence electrons. The topological polar surface area (TPSA) is 69.9 Å². The van der Waals surface area contributed by atoms with Gasteiger partial charge in [0.2, 0.25) is 0 Å². The van der Waals surface area contributed by atoms with Crippen molar-refractivity contribution in [1.82, 2.24) is 0 Å². The third-order valence-corrected chi connectivity index (χ3v) is 2.89. The predicted octanol–water partition coefficient (Wildman–Crippen LogP) is 2.25. The van der Waals surface area contributed by atoms with Crippen LogP contribution in [0.4, 0.5) is 0 Å². The molecule has 0 spiro atoms. The van der Waals surface area contributed by atoms with Gasteiger partial charge in [0, 0.05) is 5.92 Å². The average molecular weight is 260 g/mol. The molecule has 2 aromatic rings. The van der Waals surface area contributed by atoms with Gasteiger partial charge in [-0.05, 0) is 29.8 Å². The highest BCUT2D eigenvalue weighted by atomic mass is 16.5. The fourth-order valence-electron chi connectivity index (χ4n) is 1.77. The summed E-state index contributed by atoms with van der Waals surface area (Å²) in [4.78, 5) is 0. The molecule has 0 heterocycles. The Bertz CT molecular complexity index is 522. The second-order valence-corrected chi connectivity index (χ2v) is 4.25. The Morgan fingerprint density at radius 2 is 1.63 bits per heavy atom. The monoisotopic (exact) mass is 260 g/mol. The normalized spacial score (nSPS) is 12.1. The van der Waals surface area contributed by atoms with E-state index in [4.69, 9.17) is 4.74 Å². The van der Waals surface area contributed by atoms with Crippen molar-refractivity contribution in [3.05, 3.63) is 54.1 Å². The first-order chi connectivity index (χ1) is 9.20. The van der Waals surface area contributed by atoms with E-state index in [-0.39, 0.29) is 30.6 Å². The molecule has 0 fully saturated rings. The highest BCUT2D eigenvalue weighted by molar-refractivity contribution is 5.38. The number of aliphatic hydroxyl groups is 1. The Balaban J connectivity index is 2.04. The van der Waals surface area contributed by atoms with Crippen molar-refractivity contribution in [2.24, 2.45) is 0 Å². The highest BCUT2D eigenvalue weighted by Crippen LogP contribution is 2.26. The molecule has 2 rings (SSSR count). The summed E-state index contributed by atoms with van der Waals surface area (Å²) in [6, 6.07) is 13.3.